The standard InChI is InChI=1S/C11H11IO2/c1-9(12)7-11(13)14-8-10-5-3-2-4-6-10/h2-6H,1,7-8H2. The van der Waals surface area contributed by atoms with Crippen LogP contribution in [-0.2, 0) is 16.1 Å². The van der Waals surface area contributed by atoms with E-state index in [1.807, 2.05) is 52.9 Å². The van der Waals surface area contributed by atoms with Crippen LogP contribution in [0.3, 0.4) is 0 Å². The largest absolute Gasteiger partial charge is 0.461 e. The molecule has 0 bridgehead atoms. The quantitative estimate of drug-likeness (QED) is 0.631. The van der Waals surface area contributed by atoms with E-state index in [1.54, 1.807) is 0 Å². The fraction of sp³-hybridized carbons (Fsp3) is 0.182. The molecule has 0 aliphatic carbocycles. The Balaban J connectivity index is 2.34. The molecule has 0 atom stereocenters. The Morgan fingerprint density at radius 2 is 2.00 bits per heavy atom. The lowest BCUT2D eigenvalue weighted by atomic mass is 10.2. The zero-order chi connectivity index (χ0) is 10.4. The molecule has 0 spiro atoms. The molecule has 1 rings (SSSR count). The minimum atomic E-state index is -0.228. The van der Waals surface area contributed by atoms with Crippen molar-refractivity contribution in [3.8, 4) is 0 Å². The normalized spacial score (nSPS) is 9.50. The predicted octanol–water partition coefficient (Wildman–Crippen LogP) is 3.07. The fourth-order valence-electron chi connectivity index (χ4n) is 0.946. The van der Waals surface area contributed by atoms with E-state index in [4.69, 9.17) is 4.74 Å². The summed E-state index contributed by atoms with van der Waals surface area (Å²) in [6.07, 6.45) is 0.285. The Bertz CT molecular complexity index is 319. The Morgan fingerprint density at radius 1 is 1.36 bits per heavy atom. The summed E-state index contributed by atoms with van der Waals surface area (Å²) in [5.41, 5.74) is 1.000. The Kier molecular flexibility index (Phi) is 4.65. The highest BCUT2D eigenvalue weighted by atomic mass is 127. The van der Waals surface area contributed by atoms with Gasteiger partial charge in [0.1, 0.15) is 6.61 Å². The molecular weight excluding hydrogens is 291 g/mol. The number of carbonyl (C=O) groups excluding carboxylic acids is 1. The third-order valence-corrected chi connectivity index (χ3v) is 1.96. The van der Waals surface area contributed by atoms with E-state index in [-0.39, 0.29) is 12.4 Å². The maximum Gasteiger partial charge on any atom is 0.311 e. The summed E-state index contributed by atoms with van der Waals surface area (Å²) in [6.45, 7) is 3.97. The highest BCUT2D eigenvalue weighted by molar-refractivity contribution is 14.1. The first kappa shape index (κ1) is 11.2. The molecule has 1 aromatic carbocycles. The van der Waals surface area contributed by atoms with Crippen molar-refractivity contribution in [3.05, 3.63) is 46.1 Å². The van der Waals surface area contributed by atoms with Crippen molar-refractivity contribution >= 4 is 28.6 Å². The topological polar surface area (TPSA) is 26.3 Å². The predicted molar refractivity (Wildman–Crippen MR) is 64.0 cm³/mol. The van der Waals surface area contributed by atoms with E-state index >= 15 is 0 Å². The summed E-state index contributed by atoms with van der Waals surface area (Å²) < 4.78 is 5.83. The molecule has 0 saturated carbocycles. The zero-order valence-corrected chi connectivity index (χ0v) is 9.86. The van der Waals surface area contributed by atoms with Crippen LogP contribution in [0.2, 0.25) is 0 Å². The van der Waals surface area contributed by atoms with E-state index < -0.39 is 0 Å². The molecule has 2 nitrogen and oxygen atoms in total. The van der Waals surface area contributed by atoms with E-state index in [9.17, 15) is 4.79 Å². The van der Waals surface area contributed by atoms with Gasteiger partial charge in [-0.1, -0.05) is 36.9 Å². The molecule has 0 heterocycles. The number of benzene rings is 1. The molecule has 0 fully saturated rings. The third-order valence-electron chi connectivity index (χ3n) is 1.58. The number of esters is 1. The molecule has 74 valence electrons. The van der Waals surface area contributed by atoms with Gasteiger partial charge in [0.25, 0.3) is 0 Å². The van der Waals surface area contributed by atoms with Crippen LogP contribution < -0.4 is 0 Å². The van der Waals surface area contributed by atoms with E-state index in [1.165, 1.54) is 0 Å². The van der Waals surface area contributed by atoms with Crippen LogP contribution in [0.25, 0.3) is 0 Å². The molecule has 0 amide bonds. The van der Waals surface area contributed by atoms with Gasteiger partial charge in [-0.15, -0.1) is 0 Å². The number of rotatable bonds is 4. The first-order chi connectivity index (χ1) is 6.68. The van der Waals surface area contributed by atoms with Gasteiger partial charge in [0, 0.05) is 0 Å². The fourth-order valence-corrected chi connectivity index (χ4v) is 1.26. The van der Waals surface area contributed by atoms with Crippen LogP contribution in [-0.4, -0.2) is 5.97 Å². The molecule has 1 aromatic rings. The smallest absolute Gasteiger partial charge is 0.311 e. The van der Waals surface area contributed by atoms with Crippen LogP contribution in [0.1, 0.15) is 12.0 Å². The van der Waals surface area contributed by atoms with E-state index in [0.29, 0.717) is 6.61 Å². The van der Waals surface area contributed by atoms with Crippen molar-refractivity contribution in [1.29, 1.82) is 0 Å². The minimum Gasteiger partial charge on any atom is -0.461 e. The van der Waals surface area contributed by atoms with Crippen LogP contribution in [0.4, 0.5) is 0 Å². The maximum absolute atomic E-state index is 11.1. The SMILES string of the molecule is C=C(I)CC(=O)OCc1ccccc1. The van der Waals surface area contributed by atoms with Gasteiger partial charge in [0.15, 0.2) is 0 Å². The molecule has 0 unspecified atom stereocenters. The van der Waals surface area contributed by atoms with Gasteiger partial charge >= 0.3 is 5.97 Å². The number of hydrogen-bond donors (Lipinski definition) is 0. The van der Waals surface area contributed by atoms with Crippen molar-refractivity contribution in [3.63, 3.8) is 0 Å². The summed E-state index contributed by atoms with van der Waals surface area (Å²) in [5, 5.41) is 0. The molecule has 0 aromatic heterocycles. The van der Waals surface area contributed by atoms with Crippen molar-refractivity contribution in [2.75, 3.05) is 0 Å². The number of hydrogen-bond acceptors (Lipinski definition) is 2. The summed E-state index contributed by atoms with van der Waals surface area (Å²) >= 11 is 2.02. The second-order valence-corrected chi connectivity index (χ2v) is 4.37. The van der Waals surface area contributed by atoms with E-state index in [0.717, 1.165) is 9.14 Å². The molecule has 0 aliphatic heterocycles. The lowest BCUT2D eigenvalue weighted by Gasteiger charge is -2.03. The molecule has 14 heavy (non-hydrogen) atoms. The molecular formula is C11H11IO2. The van der Waals surface area contributed by atoms with Crippen molar-refractivity contribution < 1.29 is 9.53 Å². The van der Waals surface area contributed by atoms with Gasteiger partial charge in [-0.25, -0.2) is 0 Å². The lowest BCUT2D eigenvalue weighted by molar-refractivity contribution is -0.143. The number of carbonyl (C=O) groups is 1. The maximum atomic E-state index is 11.1. The van der Waals surface area contributed by atoms with Gasteiger partial charge < -0.3 is 4.74 Å². The average molecular weight is 302 g/mol. The third kappa shape index (κ3) is 4.41. The number of ether oxygens (including phenoxy) is 1. The lowest BCUT2D eigenvalue weighted by Crippen LogP contribution is -2.03. The molecule has 0 radical (unpaired) electrons. The van der Waals surface area contributed by atoms with Crippen molar-refractivity contribution in [1.82, 2.24) is 0 Å². The zero-order valence-electron chi connectivity index (χ0n) is 7.70. The van der Waals surface area contributed by atoms with Crippen LogP contribution in [0, 0.1) is 0 Å². The Labute approximate surface area is 97.1 Å². The van der Waals surface area contributed by atoms with Crippen LogP contribution in [0.5, 0.6) is 0 Å². The number of halogens is 1. The second kappa shape index (κ2) is 5.80. The molecule has 0 N–H and O–H groups in total. The highest BCUT2D eigenvalue weighted by Crippen LogP contribution is 2.09. The van der Waals surface area contributed by atoms with Gasteiger partial charge in [-0.05, 0) is 31.7 Å². The summed E-state index contributed by atoms with van der Waals surface area (Å²) in [5.74, 6) is -0.228. The van der Waals surface area contributed by atoms with Crippen LogP contribution in [0.15, 0.2) is 40.5 Å². The molecule has 0 aliphatic rings. The highest BCUT2D eigenvalue weighted by Gasteiger charge is 2.03. The molecule has 0 saturated heterocycles. The summed E-state index contributed by atoms with van der Waals surface area (Å²) in [6, 6.07) is 9.61. The Morgan fingerprint density at radius 3 is 2.57 bits per heavy atom. The van der Waals surface area contributed by atoms with E-state index in [2.05, 4.69) is 6.58 Å². The summed E-state index contributed by atoms with van der Waals surface area (Å²) in [4.78, 5) is 11.1. The summed E-state index contributed by atoms with van der Waals surface area (Å²) in [7, 11) is 0. The minimum absolute atomic E-state index is 0.228. The van der Waals surface area contributed by atoms with Gasteiger partial charge in [0.2, 0.25) is 0 Å². The van der Waals surface area contributed by atoms with Crippen LogP contribution >= 0.6 is 22.6 Å². The Hall–Kier alpha value is -0.840. The first-order valence-corrected chi connectivity index (χ1v) is 5.29. The van der Waals surface area contributed by atoms with Gasteiger partial charge in [-0.2, -0.15) is 0 Å². The molecule has 3 heteroatoms. The van der Waals surface area contributed by atoms with Gasteiger partial charge in [0.05, 0.1) is 6.42 Å². The van der Waals surface area contributed by atoms with Crippen molar-refractivity contribution in [2.24, 2.45) is 0 Å². The average Bonchev–Trinajstić information content (AvgIpc) is 2.15. The second-order valence-electron chi connectivity index (χ2n) is 2.84. The van der Waals surface area contributed by atoms with Crippen molar-refractivity contribution in [2.45, 2.75) is 13.0 Å². The first-order valence-electron chi connectivity index (χ1n) is 4.21. The van der Waals surface area contributed by atoms with Gasteiger partial charge in [-0.3, -0.25) is 4.79 Å². The monoisotopic (exact) mass is 302 g/mol.